The summed E-state index contributed by atoms with van der Waals surface area (Å²) in [5.41, 5.74) is 2.83. The highest BCUT2D eigenvalue weighted by Gasteiger charge is 2.13. The zero-order chi connectivity index (χ0) is 17.9. The first-order valence-corrected chi connectivity index (χ1v) is 9.09. The third-order valence-corrected chi connectivity index (χ3v) is 5.01. The van der Waals surface area contributed by atoms with Crippen molar-refractivity contribution in [2.75, 3.05) is 0 Å². The number of thiophene rings is 1. The van der Waals surface area contributed by atoms with Gasteiger partial charge in [0.25, 0.3) is 5.91 Å². The summed E-state index contributed by atoms with van der Waals surface area (Å²) in [6, 6.07) is 17.9. The van der Waals surface area contributed by atoms with E-state index in [2.05, 4.69) is 14.9 Å². The van der Waals surface area contributed by atoms with Crippen molar-refractivity contribution in [3.63, 3.8) is 0 Å². The van der Waals surface area contributed by atoms with E-state index in [-0.39, 0.29) is 11.7 Å². The topological polar surface area (TPSA) is 46.9 Å². The predicted molar refractivity (Wildman–Crippen MR) is 101 cm³/mol. The zero-order valence-corrected chi connectivity index (χ0v) is 14.7. The molecule has 0 saturated carbocycles. The molecule has 0 radical (unpaired) electrons. The minimum absolute atomic E-state index is 0.111. The normalized spacial score (nSPS) is 11.0. The van der Waals surface area contributed by atoms with Gasteiger partial charge in [-0.1, -0.05) is 30.3 Å². The van der Waals surface area contributed by atoms with Gasteiger partial charge in [0.2, 0.25) is 0 Å². The molecule has 4 aromatic rings. The average molecular weight is 365 g/mol. The SMILES string of the molecule is O=C(NCc1nc2ccccc2n1Cc1ccc(F)cc1)c1cccs1. The number of hydrogen-bond donors (Lipinski definition) is 1. The van der Waals surface area contributed by atoms with Gasteiger partial charge in [0.1, 0.15) is 11.6 Å². The number of carbonyl (C=O) groups is 1. The number of hydrogen-bond acceptors (Lipinski definition) is 3. The van der Waals surface area contributed by atoms with E-state index >= 15 is 0 Å². The first-order chi connectivity index (χ1) is 12.7. The number of nitrogens with one attached hydrogen (secondary N) is 1. The van der Waals surface area contributed by atoms with Crippen molar-refractivity contribution in [2.24, 2.45) is 0 Å². The molecular formula is C20H16FN3OS. The number of rotatable bonds is 5. The molecule has 0 aliphatic carbocycles. The molecule has 0 fully saturated rings. The summed E-state index contributed by atoms with van der Waals surface area (Å²) in [4.78, 5) is 17.6. The molecule has 0 spiro atoms. The molecule has 1 N–H and O–H groups in total. The van der Waals surface area contributed by atoms with E-state index in [0.29, 0.717) is 18.0 Å². The van der Waals surface area contributed by atoms with Crippen molar-refractivity contribution in [3.05, 3.63) is 88.1 Å². The monoisotopic (exact) mass is 365 g/mol. The Labute approximate surface area is 153 Å². The second-order valence-electron chi connectivity index (χ2n) is 5.89. The summed E-state index contributed by atoms with van der Waals surface area (Å²) in [5.74, 6) is 0.397. The van der Waals surface area contributed by atoms with Gasteiger partial charge in [0, 0.05) is 6.54 Å². The number of benzene rings is 2. The van der Waals surface area contributed by atoms with Crippen LogP contribution in [0.1, 0.15) is 21.1 Å². The highest BCUT2D eigenvalue weighted by Crippen LogP contribution is 2.18. The molecule has 0 aliphatic rings. The van der Waals surface area contributed by atoms with Gasteiger partial charge < -0.3 is 9.88 Å². The second-order valence-corrected chi connectivity index (χ2v) is 6.84. The van der Waals surface area contributed by atoms with Crippen LogP contribution in [-0.2, 0) is 13.1 Å². The Balaban J connectivity index is 1.63. The minimum atomic E-state index is -0.257. The largest absolute Gasteiger partial charge is 0.344 e. The lowest BCUT2D eigenvalue weighted by Gasteiger charge is -2.10. The van der Waals surface area contributed by atoms with Crippen LogP contribution in [0.3, 0.4) is 0 Å². The van der Waals surface area contributed by atoms with Crippen LogP contribution in [0.15, 0.2) is 66.0 Å². The third-order valence-electron chi connectivity index (χ3n) is 4.14. The molecule has 1 amide bonds. The van der Waals surface area contributed by atoms with Crippen LogP contribution < -0.4 is 5.32 Å². The summed E-state index contributed by atoms with van der Waals surface area (Å²) in [6.07, 6.45) is 0. The van der Waals surface area contributed by atoms with Crippen molar-refractivity contribution < 1.29 is 9.18 Å². The summed E-state index contributed by atoms with van der Waals surface area (Å²) in [5, 5.41) is 4.80. The van der Waals surface area contributed by atoms with Gasteiger partial charge in [0.15, 0.2) is 0 Å². The fourth-order valence-electron chi connectivity index (χ4n) is 2.86. The number of nitrogens with zero attached hydrogens (tertiary/aromatic N) is 2. The average Bonchev–Trinajstić information content (AvgIpc) is 3.30. The third kappa shape index (κ3) is 3.36. The summed E-state index contributed by atoms with van der Waals surface area (Å²) in [7, 11) is 0. The first-order valence-electron chi connectivity index (χ1n) is 8.21. The first kappa shape index (κ1) is 16.5. The lowest BCUT2D eigenvalue weighted by atomic mass is 10.2. The molecule has 0 aliphatic heterocycles. The number of amides is 1. The summed E-state index contributed by atoms with van der Waals surface area (Å²) < 4.78 is 15.2. The fraction of sp³-hybridized carbons (Fsp3) is 0.100. The molecule has 130 valence electrons. The van der Waals surface area contributed by atoms with E-state index in [9.17, 15) is 9.18 Å². The predicted octanol–water partition coefficient (Wildman–Crippen LogP) is 4.22. The Morgan fingerprint density at radius 1 is 1.08 bits per heavy atom. The molecule has 0 bridgehead atoms. The summed E-state index contributed by atoms with van der Waals surface area (Å²) in [6.45, 7) is 0.887. The van der Waals surface area contributed by atoms with Gasteiger partial charge in [-0.2, -0.15) is 0 Å². The van der Waals surface area contributed by atoms with E-state index in [4.69, 9.17) is 0 Å². The Morgan fingerprint density at radius 3 is 2.65 bits per heavy atom. The van der Waals surface area contributed by atoms with Gasteiger partial charge in [0.05, 0.1) is 22.5 Å². The quantitative estimate of drug-likeness (QED) is 0.576. The minimum Gasteiger partial charge on any atom is -0.344 e. The van der Waals surface area contributed by atoms with E-state index in [1.54, 1.807) is 18.2 Å². The van der Waals surface area contributed by atoms with E-state index in [0.717, 1.165) is 22.4 Å². The maximum Gasteiger partial charge on any atom is 0.261 e. The number of halogens is 1. The highest BCUT2D eigenvalue weighted by atomic mass is 32.1. The molecule has 2 heterocycles. The van der Waals surface area contributed by atoms with Crippen molar-refractivity contribution in [2.45, 2.75) is 13.1 Å². The number of aromatic nitrogens is 2. The Kier molecular flexibility index (Phi) is 4.50. The van der Waals surface area contributed by atoms with Crippen LogP contribution >= 0.6 is 11.3 Å². The van der Waals surface area contributed by atoms with E-state index < -0.39 is 0 Å². The molecule has 0 atom stereocenters. The van der Waals surface area contributed by atoms with E-state index in [1.165, 1.54) is 23.5 Å². The van der Waals surface area contributed by atoms with Gasteiger partial charge in [-0.25, -0.2) is 9.37 Å². The smallest absolute Gasteiger partial charge is 0.261 e. The molecule has 0 saturated heterocycles. The van der Waals surface area contributed by atoms with Crippen LogP contribution in [0.4, 0.5) is 4.39 Å². The van der Waals surface area contributed by atoms with Crippen LogP contribution in [0, 0.1) is 5.82 Å². The maximum absolute atomic E-state index is 13.2. The van der Waals surface area contributed by atoms with Crippen molar-refractivity contribution in [1.29, 1.82) is 0 Å². The van der Waals surface area contributed by atoms with Gasteiger partial charge >= 0.3 is 0 Å². The van der Waals surface area contributed by atoms with Gasteiger partial charge in [-0.3, -0.25) is 4.79 Å². The molecule has 4 nitrogen and oxygen atoms in total. The molecule has 2 aromatic heterocycles. The highest BCUT2D eigenvalue weighted by molar-refractivity contribution is 7.12. The lowest BCUT2D eigenvalue weighted by Crippen LogP contribution is -2.24. The Hall–Kier alpha value is -2.99. The maximum atomic E-state index is 13.2. The van der Waals surface area contributed by atoms with Crippen LogP contribution in [0.2, 0.25) is 0 Å². The molecular weight excluding hydrogens is 349 g/mol. The number of imidazole rings is 1. The zero-order valence-electron chi connectivity index (χ0n) is 13.9. The molecule has 6 heteroatoms. The molecule has 0 unspecified atom stereocenters. The second kappa shape index (κ2) is 7.09. The van der Waals surface area contributed by atoms with Crippen molar-refractivity contribution in [3.8, 4) is 0 Å². The van der Waals surface area contributed by atoms with Crippen molar-refractivity contribution in [1.82, 2.24) is 14.9 Å². The molecule has 26 heavy (non-hydrogen) atoms. The molecule has 4 rings (SSSR count). The fourth-order valence-corrected chi connectivity index (χ4v) is 3.50. The van der Waals surface area contributed by atoms with E-state index in [1.807, 2.05) is 35.7 Å². The van der Waals surface area contributed by atoms with Crippen LogP contribution in [-0.4, -0.2) is 15.5 Å². The van der Waals surface area contributed by atoms with Gasteiger partial charge in [-0.05, 0) is 41.3 Å². The number of fused-ring (bicyclic) bond motifs is 1. The Bertz CT molecular complexity index is 1040. The van der Waals surface area contributed by atoms with Crippen molar-refractivity contribution >= 4 is 28.3 Å². The van der Waals surface area contributed by atoms with Crippen LogP contribution in [0.5, 0.6) is 0 Å². The number of para-hydroxylation sites is 2. The molecule has 2 aromatic carbocycles. The summed E-state index contributed by atoms with van der Waals surface area (Å²) >= 11 is 1.40. The Morgan fingerprint density at radius 2 is 1.88 bits per heavy atom. The standard InChI is InChI=1S/C20H16FN3OS/c21-15-9-7-14(8-10-15)13-24-17-5-2-1-4-16(17)23-19(24)12-22-20(25)18-6-3-11-26-18/h1-11H,12-13H2,(H,22,25). The van der Waals surface area contributed by atoms with Crippen LogP contribution in [0.25, 0.3) is 11.0 Å². The van der Waals surface area contributed by atoms with Gasteiger partial charge in [-0.15, -0.1) is 11.3 Å². The lowest BCUT2D eigenvalue weighted by molar-refractivity contribution is 0.0953. The number of carbonyl (C=O) groups excluding carboxylic acids is 1.